The van der Waals surface area contributed by atoms with Crippen molar-refractivity contribution in [3.05, 3.63) is 0 Å². The van der Waals surface area contributed by atoms with E-state index < -0.39 is 0 Å². The van der Waals surface area contributed by atoms with Crippen LogP contribution in [-0.4, -0.2) is 23.4 Å². The van der Waals surface area contributed by atoms with Gasteiger partial charge in [0.1, 0.15) is 11.7 Å². The van der Waals surface area contributed by atoms with Gasteiger partial charge in [-0.25, -0.2) is 0 Å². The van der Waals surface area contributed by atoms with Crippen LogP contribution in [0.2, 0.25) is 0 Å². The molecule has 0 aromatic heterocycles. The van der Waals surface area contributed by atoms with E-state index in [2.05, 4.69) is 20.8 Å². The summed E-state index contributed by atoms with van der Waals surface area (Å²) in [6, 6.07) is 0. The van der Waals surface area contributed by atoms with Crippen LogP contribution in [0.3, 0.4) is 0 Å². The Hall–Kier alpha value is -0.0800. The van der Waals surface area contributed by atoms with Gasteiger partial charge in [0.2, 0.25) is 0 Å². The Labute approximate surface area is 105 Å². The molecule has 2 aliphatic heterocycles. The third-order valence-corrected chi connectivity index (χ3v) is 4.98. The molecular weight excluding hydrogens is 212 g/mol. The first-order valence-electron chi connectivity index (χ1n) is 7.42. The zero-order chi connectivity index (χ0) is 12.1. The minimum absolute atomic E-state index is 0.0617. The smallest absolute Gasteiger partial charge is 0.121 e. The van der Waals surface area contributed by atoms with Crippen molar-refractivity contribution in [3.63, 3.8) is 0 Å². The molecule has 0 radical (unpaired) electrons. The zero-order valence-corrected chi connectivity index (χ0v) is 11.5. The van der Waals surface area contributed by atoms with Gasteiger partial charge >= 0.3 is 0 Å². The zero-order valence-electron chi connectivity index (χ0n) is 11.5. The van der Waals surface area contributed by atoms with Crippen molar-refractivity contribution < 1.29 is 9.47 Å². The number of hydrogen-bond acceptors (Lipinski definition) is 2. The first kappa shape index (κ1) is 12.0. The molecule has 2 saturated heterocycles. The van der Waals surface area contributed by atoms with Crippen molar-refractivity contribution in [2.75, 3.05) is 0 Å². The average molecular weight is 238 g/mol. The topological polar surface area (TPSA) is 25.1 Å². The molecule has 2 heterocycles. The van der Waals surface area contributed by atoms with E-state index >= 15 is 0 Å². The molecule has 1 spiro atoms. The van der Waals surface area contributed by atoms with Crippen molar-refractivity contribution in [3.8, 4) is 0 Å². The summed E-state index contributed by atoms with van der Waals surface area (Å²) in [6.45, 7) is 6.85. The van der Waals surface area contributed by atoms with Gasteiger partial charge in [0, 0.05) is 0 Å². The maximum atomic E-state index is 6.08. The van der Waals surface area contributed by atoms with Crippen molar-refractivity contribution in [1.82, 2.24) is 0 Å². The highest BCUT2D eigenvalue weighted by molar-refractivity contribution is 5.20. The first-order chi connectivity index (χ1) is 8.07. The second-order valence-electron chi connectivity index (χ2n) is 6.88. The van der Waals surface area contributed by atoms with Gasteiger partial charge in [-0.1, -0.05) is 33.1 Å². The predicted molar refractivity (Wildman–Crippen MR) is 68.0 cm³/mol. The lowest BCUT2D eigenvalue weighted by molar-refractivity contribution is 0.217. The van der Waals surface area contributed by atoms with Gasteiger partial charge in [0.05, 0.1) is 11.7 Å². The van der Waals surface area contributed by atoms with Crippen LogP contribution in [0.5, 0.6) is 0 Å². The summed E-state index contributed by atoms with van der Waals surface area (Å²) in [5.74, 6) is 0.784. The lowest BCUT2D eigenvalue weighted by Crippen LogP contribution is -2.29. The molecule has 2 heteroatoms. The van der Waals surface area contributed by atoms with E-state index in [1.165, 1.54) is 44.9 Å². The van der Waals surface area contributed by atoms with E-state index in [-0.39, 0.29) is 11.2 Å². The fourth-order valence-electron chi connectivity index (χ4n) is 3.70. The van der Waals surface area contributed by atoms with Crippen LogP contribution in [0.25, 0.3) is 0 Å². The first-order valence-corrected chi connectivity index (χ1v) is 7.42. The lowest BCUT2D eigenvalue weighted by atomic mass is 9.81. The van der Waals surface area contributed by atoms with Gasteiger partial charge in [0.25, 0.3) is 0 Å². The predicted octanol–water partition coefficient (Wildman–Crippen LogP) is 3.68. The van der Waals surface area contributed by atoms with Crippen LogP contribution in [0, 0.1) is 5.92 Å². The molecule has 0 aromatic carbocycles. The Morgan fingerprint density at radius 3 is 2.47 bits per heavy atom. The van der Waals surface area contributed by atoms with Crippen LogP contribution >= 0.6 is 0 Å². The highest BCUT2D eigenvalue weighted by Gasteiger charge is 2.73. The third kappa shape index (κ3) is 2.04. The van der Waals surface area contributed by atoms with E-state index in [4.69, 9.17) is 9.47 Å². The third-order valence-electron chi connectivity index (χ3n) is 4.98. The highest BCUT2D eigenvalue weighted by atomic mass is 16.7. The summed E-state index contributed by atoms with van der Waals surface area (Å²) in [5, 5.41) is 0. The quantitative estimate of drug-likeness (QED) is 0.698. The average Bonchev–Trinajstić information content (AvgIpc) is 3.16. The second-order valence-corrected chi connectivity index (χ2v) is 6.88. The van der Waals surface area contributed by atoms with Gasteiger partial charge in [-0.15, -0.1) is 0 Å². The molecule has 98 valence electrons. The standard InChI is InChI=1S/C15H26O2/c1-11(2)7-8-12-14(3,16-12)13-15(17-13)9-5-4-6-10-15/h11-13H,4-10H2,1-3H3/t12-,13+,14-/m1/s1. The molecule has 0 amide bonds. The van der Waals surface area contributed by atoms with Gasteiger partial charge in [-0.3, -0.25) is 0 Å². The summed E-state index contributed by atoms with van der Waals surface area (Å²) in [5.41, 5.74) is 0.297. The van der Waals surface area contributed by atoms with Crippen LogP contribution in [-0.2, 0) is 9.47 Å². The Morgan fingerprint density at radius 1 is 1.12 bits per heavy atom. The molecule has 17 heavy (non-hydrogen) atoms. The number of ether oxygens (including phenoxy) is 2. The largest absolute Gasteiger partial charge is 0.363 e. The Morgan fingerprint density at radius 2 is 1.82 bits per heavy atom. The Kier molecular flexibility index (Phi) is 2.79. The van der Waals surface area contributed by atoms with Crippen molar-refractivity contribution >= 4 is 0 Å². The van der Waals surface area contributed by atoms with Crippen LogP contribution in [0.4, 0.5) is 0 Å². The normalized spacial score (nSPS) is 43.1. The Bertz CT molecular complexity index is 293. The Balaban J connectivity index is 1.53. The van der Waals surface area contributed by atoms with Crippen molar-refractivity contribution in [2.45, 2.75) is 89.1 Å². The lowest BCUT2D eigenvalue weighted by Gasteiger charge is -2.19. The number of hydrogen-bond donors (Lipinski definition) is 0. The van der Waals surface area contributed by atoms with Gasteiger partial charge in [0.15, 0.2) is 0 Å². The molecule has 0 aromatic rings. The molecule has 0 bridgehead atoms. The SMILES string of the molecule is CC(C)CC[C@H]1O[C@@]1(C)[C@@H]1OC12CCCCC2. The van der Waals surface area contributed by atoms with Gasteiger partial charge in [-0.2, -0.15) is 0 Å². The molecule has 1 aliphatic carbocycles. The van der Waals surface area contributed by atoms with Crippen LogP contribution < -0.4 is 0 Å². The van der Waals surface area contributed by atoms with Crippen LogP contribution in [0.1, 0.15) is 65.7 Å². The minimum atomic E-state index is 0.0617. The fraction of sp³-hybridized carbons (Fsp3) is 1.00. The van der Waals surface area contributed by atoms with E-state index in [1.807, 2.05) is 0 Å². The van der Waals surface area contributed by atoms with E-state index in [9.17, 15) is 0 Å². The number of rotatable bonds is 4. The van der Waals surface area contributed by atoms with E-state index in [0.717, 1.165) is 5.92 Å². The fourth-order valence-corrected chi connectivity index (χ4v) is 3.70. The molecule has 3 fully saturated rings. The van der Waals surface area contributed by atoms with Gasteiger partial charge < -0.3 is 9.47 Å². The molecule has 3 atom stereocenters. The molecular formula is C15H26O2. The monoisotopic (exact) mass is 238 g/mol. The molecule has 2 nitrogen and oxygen atoms in total. The second kappa shape index (κ2) is 3.96. The molecule has 0 unspecified atom stereocenters. The van der Waals surface area contributed by atoms with E-state index in [0.29, 0.717) is 12.2 Å². The minimum Gasteiger partial charge on any atom is -0.363 e. The van der Waals surface area contributed by atoms with E-state index in [1.54, 1.807) is 0 Å². The summed E-state index contributed by atoms with van der Waals surface area (Å²) < 4.78 is 12.1. The molecule has 0 N–H and O–H groups in total. The maximum Gasteiger partial charge on any atom is 0.121 e. The van der Waals surface area contributed by atoms with Gasteiger partial charge in [-0.05, 0) is 38.5 Å². The highest BCUT2D eigenvalue weighted by Crippen LogP contribution is 2.60. The number of epoxide rings is 2. The summed E-state index contributed by atoms with van der Waals surface area (Å²) in [7, 11) is 0. The molecule has 1 saturated carbocycles. The summed E-state index contributed by atoms with van der Waals surface area (Å²) in [4.78, 5) is 0. The summed E-state index contributed by atoms with van der Waals surface area (Å²) >= 11 is 0. The molecule has 3 rings (SSSR count). The van der Waals surface area contributed by atoms with Crippen molar-refractivity contribution in [1.29, 1.82) is 0 Å². The maximum absolute atomic E-state index is 6.08. The summed E-state index contributed by atoms with van der Waals surface area (Å²) in [6.07, 6.45) is 10.0. The van der Waals surface area contributed by atoms with Crippen molar-refractivity contribution in [2.24, 2.45) is 5.92 Å². The van der Waals surface area contributed by atoms with Crippen LogP contribution in [0.15, 0.2) is 0 Å². The molecule has 3 aliphatic rings.